The van der Waals surface area contributed by atoms with Crippen molar-refractivity contribution in [1.29, 1.82) is 0 Å². The average molecular weight is 449 g/mol. The van der Waals surface area contributed by atoms with E-state index in [-0.39, 0.29) is 48.6 Å². The first-order chi connectivity index (χ1) is 15.2. The molecule has 3 aliphatic rings. The van der Waals surface area contributed by atoms with Crippen LogP contribution in [0, 0.1) is 11.3 Å². The second-order valence-corrected chi connectivity index (χ2v) is 8.51. The van der Waals surface area contributed by atoms with Gasteiger partial charge in [0.15, 0.2) is 0 Å². The highest BCUT2D eigenvalue weighted by molar-refractivity contribution is 6.04. The summed E-state index contributed by atoms with van der Waals surface area (Å²) in [4.78, 5) is 64.0. The van der Waals surface area contributed by atoms with E-state index in [4.69, 9.17) is 14.3 Å². The van der Waals surface area contributed by atoms with Gasteiger partial charge in [0.05, 0.1) is 18.4 Å². The molecule has 2 N–H and O–H groups in total. The molecule has 4 heterocycles. The normalized spacial score (nSPS) is 24.3. The third-order valence-electron chi connectivity index (χ3n) is 6.03. The number of furan rings is 1. The molecule has 0 saturated carbocycles. The molecule has 0 spiro atoms. The van der Waals surface area contributed by atoms with Crippen LogP contribution < -0.4 is 5.32 Å². The fourth-order valence-corrected chi connectivity index (χ4v) is 4.80. The number of amides is 5. The lowest BCUT2D eigenvalue weighted by Crippen LogP contribution is -2.46. The number of imide groups is 1. The number of carbonyl (C=O) groups is 5. The predicted molar refractivity (Wildman–Crippen MR) is 109 cm³/mol. The zero-order valence-electron chi connectivity index (χ0n) is 18.0. The van der Waals surface area contributed by atoms with Gasteiger partial charge >= 0.3 is 6.03 Å². The van der Waals surface area contributed by atoms with Crippen LogP contribution in [0.15, 0.2) is 23.0 Å². The Labute approximate surface area is 184 Å². The molecule has 174 valence electrons. The summed E-state index contributed by atoms with van der Waals surface area (Å²) in [7, 11) is 3.95. The van der Waals surface area contributed by atoms with Crippen LogP contribution in [0.5, 0.6) is 0 Å². The van der Waals surface area contributed by atoms with Crippen molar-refractivity contribution in [2.45, 2.75) is 0 Å². The summed E-state index contributed by atoms with van der Waals surface area (Å²) in [6.45, 7) is 2.29. The van der Waals surface area contributed by atoms with E-state index in [1.54, 1.807) is 11.0 Å². The molecule has 0 bridgehead atoms. The average Bonchev–Trinajstić information content (AvgIpc) is 3.48. The van der Waals surface area contributed by atoms with Crippen LogP contribution >= 0.6 is 0 Å². The van der Waals surface area contributed by atoms with E-state index >= 15 is 0 Å². The molecule has 0 aliphatic carbocycles. The molecule has 0 unspecified atom stereocenters. The lowest BCUT2D eigenvalue weighted by atomic mass is 9.80. The van der Waals surface area contributed by atoms with Crippen molar-refractivity contribution < 1.29 is 33.5 Å². The van der Waals surface area contributed by atoms with Crippen molar-refractivity contribution in [3.63, 3.8) is 0 Å². The molecule has 3 fully saturated rings. The standard InChI is InChI=1S/C19H25N5O5.CH2O2/c1-21(2)10-19-11-22(16(26)8-24-15(25)5-20-18(24)28)6-14(19)7-23(12-19)17(27)13-3-4-29-9-13;2-1-3/h3-4,9,14H,5-8,10-12H2,1-2H3,(H,20,28);1H,(H,2,3)/t14-,19+;/m0./s1. The molecule has 32 heavy (non-hydrogen) atoms. The van der Waals surface area contributed by atoms with Crippen molar-refractivity contribution in [2.24, 2.45) is 11.3 Å². The highest BCUT2D eigenvalue weighted by Gasteiger charge is 2.54. The molecule has 5 amide bonds. The Hall–Kier alpha value is -3.41. The number of carboxylic acid groups (broad SMARTS) is 1. The zero-order chi connectivity index (χ0) is 23.5. The van der Waals surface area contributed by atoms with Crippen LogP contribution in [0.1, 0.15) is 10.4 Å². The van der Waals surface area contributed by atoms with Gasteiger partial charge in [-0.05, 0) is 20.2 Å². The van der Waals surface area contributed by atoms with Gasteiger partial charge < -0.3 is 29.5 Å². The fraction of sp³-hybridized carbons (Fsp3) is 0.550. The van der Waals surface area contributed by atoms with E-state index in [1.807, 2.05) is 19.0 Å². The summed E-state index contributed by atoms with van der Waals surface area (Å²) in [5.41, 5.74) is 0.284. The van der Waals surface area contributed by atoms with E-state index in [1.165, 1.54) is 12.5 Å². The molecule has 2 atom stereocenters. The van der Waals surface area contributed by atoms with E-state index in [0.29, 0.717) is 31.7 Å². The lowest BCUT2D eigenvalue weighted by Gasteiger charge is -2.32. The Morgan fingerprint density at radius 2 is 1.94 bits per heavy atom. The minimum atomic E-state index is -0.525. The van der Waals surface area contributed by atoms with E-state index in [9.17, 15) is 19.2 Å². The number of likely N-dealkylation sites (tertiary alicyclic amines) is 2. The van der Waals surface area contributed by atoms with E-state index < -0.39 is 6.03 Å². The van der Waals surface area contributed by atoms with Crippen molar-refractivity contribution >= 4 is 30.2 Å². The monoisotopic (exact) mass is 449 g/mol. The molecule has 12 nitrogen and oxygen atoms in total. The Kier molecular flexibility index (Phi) is 6.82. The van der Waals surface area contributed by atoms with E-state index in [0.717, 1.165) is 11.4 Å². The topological polar surface area (TPSA) is 144 Å². The minimum absolute atomic E-state index is 0.0651. The number of fused-ring (bicyclic) bond motifs is 1. The van der Waals surface area contributed by atoms with Crippen LogP contribution in [0.4, 0.5) is 4.79 Å². The molecular weight excluding hydrogens is 422 g/mol. The highest BCUT2D eigenvalue weighted by Crippen LogP contribution is 2.43. The Bertz CT molecular complexity index is 871. The second kappa shape index (κ2) is 9.39. The number of hydrogen-bond acceptors (Lipinski definition) is 7. The van der Waals surface area contributed by atoms with Crippen LogP contribution in [0.2, 0.25) is 0 Å². The molecule has 3 saturated heterocycles. The van der Waals surface area contributed by atoms with Crippen LogP contribution in [0.3, 0.4) is 0 Å². The largest absolute Gasteiger partial charge is 0.483 e. The van der Waals surface area contributed by atoms with Crippen molar-refractivity contribution in [3.8, 4) is 0 Å². The quantitative estimate of drug-likeness (QED) is 0.430. The molecule has 1 aromatic heterocycles. The molecule has 12 heteroatoms. The summed E-state index contributed by atoms with van der Waals surface area (Å²) < 4.78 is 5.03. The summed E-state index contributed by atoms with van der Waals surface area (Å²) >= 11 is 0. The Morgan fingerprint density at radius 1 is 1.28 bits per heavy atom. The Morgan fingerprint density at radius 3 is 2.50 bits per heavy atom. The van der Waals surface area contributed by atoms with Crippen molar-refractivity contribution in [3.05, 3.63) is 24.2 Å². The third-order valence-corrected chi connectivity index (χ3v) is 6.03. The maximum Gasteiger partial charge on any atom is 0.325 e. The first kappa shape index (κ1) is 23.3. The maximum atomic E-state index is 12.8. The predicted octanol–water partition coefficient (Wildman–Crippen LogP) is -1.01. The van der Waals surface area contributed by atoms with Gasteiger partial charge in [0.25, 0.3) is 18.3 Å². The van der Waals surface area contributed by atoms with Gasteiger partial charge in [0.2, 0.25) is 5.91 Å². The van der Waals surface area contributed by atoms with Gasteiger partial charge in [-0.1, -0.05) is 0 Å². The third kappa shape index (κ3) is 4.59. The number of nitrogens with zero attached hydrogens (tertiary/aromatic N) is 4. The molecule has 4 rings (SSSR count). The number of urea groups is 1. The summed E-state index contributed by atoms with van der Waals surface area (Å²) in [6.07, 6.45) is 2.93. The molecule has 0 radical (unpaired) electrons. The number of carbonyl (C=O) groups excluding carboxylic acids is 4. The summed E-state index contributed by atoms with van der Waals surface area (Å²) in [5.74, 6) is -0.561. The fourth-order valence-electron chi connectivity index (χ4n) is 4.80. The van der Waals surface area contributed by atoms with Gasteiger partial charge in [0, 0.05) is 44.1 Å². The van der Waals surface area contributed by atoms with Gasteiger partial charge in [-0.3, -0.25) is 24.1 Å². The van der Waals surface area contributed by atoms with Crippen LogP contribution in [-0.2, 0) is 14.4 Å². The SMILES string of the molecule is CN(C)C[C@]12CN(C(=O)CN3C(=O)CNC3=O)C[C@H]1CN(C(=O)c1ccoc1)C2.O=CO. The van der Waals surface area contributed by atoms with Crippen LogP contribution in [-0.4, -0.2) is 115 Å². The highest BCUT2D eigenvalue weighted by atomic mass is 16.3. The second-order valence-electron chi connectivity index (χ2n) is 8.51. The number of nitrogens with one attached hydrogen (secondary N) is 1. The maximum absolute atomic E-state index is 12.8. The molecule has 3 aliphatic heterocycles. The minimum Gasteiger partial charge on any atom is -0.483 e. The van der Waals surface area contributed by atoms with Crippen molar-refractivity contribution in [1.82, 2.24) is 24.9 Å². The zero-order valence-corrected chi connectivity index (χ0v) is 18.0. The number of rotatable bonds is 5. The molecule has 1 aromatic rings. The van der Waals surface area contributed by atoms with Crippen molar-refractivity contribution in [2.75, 3.05) is 59.9 Å². The van der Waals surface area contributed by atoms with Gasteiger partial charge in [-0.2, -0.15) is 0 Å². The van der Waals surface area contributed by atoms with E-state index in [2.05, 4.69) is 10.2 Å². The summed E-state index contributed by atoms with van der Waals surface area (Å²) in [5, 5.41) is 9.32. The van der Waals surface area contributed by atoms with Gasteiger partial charge in [-0.15, -0.1) is 0 Å². The molecular formula is C20H27N5O7. The molecule has 0 aromatic carbocycles. The first-order valence-electron chi connectivity index (χ1n) is 10.1. The smallest absolute Gasteiger partial charge is 0.325 e. The first-order valence-corrected chi connectivity index (χ1v) is 10.1. The van der Waals surface area contributed by atoms with Gasteiger partial charge in [0.1, 0.15) is 12.8 Å². The van der Waals surface area contributed by atoms with Crippen LogP contribution in [0.25, 0.3) is 0 Å². The Balaban J connectivity index is 0.000000913. The summed E-state index contributed by atoms with van der Waals surface area (Å²) in [6, 6.07) is 1.13. The lowest BCUT2D eigenvalue weighted by molar-refractivity contribution is -0.136. The van der Waals surface area contributed by atoms with Gasteiger partial charge in [-0.25, -0.2) is 4.79 Å². The number of hydrogen-bond donors (Lipinski definition) is 2.